The Bertz CT molecular complexity index is 782. The van der Waals surface area contributed by atoms with Gasteiger partial charge in [0, 0.05) is 22.7 Å². The van der Waals surface area contributed by atoms with Gasteiger partial charge in [-0.1, -0.05) is 35.9 Å². The zero-order valence-corrected chi connectivity index (χ0v) is 14.5. The monoisotopic (exact) mass is 362 g/mol. The molecule has 0 saturated heterocycles. The summed E-state index contributed by atoms with van der Waals surface area (Å²) >= 11 is 6.15. The number of benzene rings is 2. The zero-order chi connectivity index (χ0) is 17.8. The van der Waals surface area contributed by atoms with E-state index in [0.717, 1.165) is 11.1 Å². The average molecular weight is 363 g/mol. The summed E-state index contributed by atoms with van der Waals surface area (Å²) in [6, 6.07) is 10.8. The van der Waals surface area contributed by atoms with Crippen molar-refractivity contribution < 1.29 is 19.0 Å². The molecule has 132 valence electrons. The quantitative estimate of drug-likeness (QED) is 0.791. The Morgan fingerprint density at radius 2 is 2.00 bits per heavy atom. The molecule has 1 aliphatic heterocycles. The Kier molecular flexibility index (Phi) is 5.31. The van der Waals surface area contributed by atoms with E-state index in [1.54, 1.807) is 6.92 Å². The van der Waals surface area contributed by atoms with Crippen LogP contribution < -0.4 is 25.3 Å². The molecule has 2 aromatic carbocycles. The van der Waals surface area contributed by atoms with Gasteiger partial charge in [0.2, 0.25) is 18.4 Å². The molecule has 1 atom stereocenters. The van der Waals surface area contributed by atoms with Gasteiger partial charge in [-0.25, -0.2) is 0 Å². The van der Waals surface area contributed by atoms with E-state index < -0.39 is 11.9 Å². The third-order valence-electron chi connectivity index (χ3n) is 3.93. The lowest BCUT2D eigenvalue weighted by atomic mass is 10.1. The summed E-state index contributed by atoms with van der Waals surface area (Å²) in [5.41, 5.74) is 7.01. The van der Waals surface area contributed by atoms with E-state index in [1.165, 1.54) is 0 Å². The normalized spacial score (nSPS) is 13.5. The molecule has 1 heterocycles. The van der Waals surface area contributed by atoms with Gasteiger partial charge in [0.15, 0.2) is 11.5 Å². The molecule has 0 aliphatic carbocycles. The maximum atomic E-state index is 11.1. The fraction of sp³-hybridized carbons (Fsp3) is 0.278. The maximum Gasteiger partial charge on any atom is 0.234 e. The minimum atomic E-state index is -0.436. The Morgan fingerprint density at radius 1 is 1.24 bits per heavy atom. The van der Waals surface area contributed by atoms with Crippen molar-refractivity contribution >= 4 is 17.5 Å². The van der Waals surface area contributed by atoms with E-state index in [9.17, 15) is 4.79 Å². The number of carbonyl (C=O) groups is 1. The summed E-state index contributed by atoms with van der Waals surface area (Å²) in [6.45, 7) is 2.59. The lowest BCUT2D eigenvalue weighted by Crippen LogP contribution is -2.38. The largest absolute Gasteiger partial charge is 0.485 e. The highest BCUT2D eigenvalue weighted by atomic mass is 35.5. The second-order valence-corrected chi connectivity index (χ2v) is 6.08. The van der Waals surface area contributed by atoms with Crippen LogP contribution in [0.15, 0.2) is 36.4 Å². The predicted molar refractivity (Wildman–Crippen MR) is 93.8 cm³/mol. The lowest BCUT2D eigenvalue weighted by Gasteiger charge is -2.14. The fourth-order valence-electron chi connectivity index (χ4n) is 2.42. The van der Waals surface area contributed by atoms with Crippen LogP contribution in [0, 0.1) is 0 Å². The summed E-state index contributed by atoms with van der Waals surface area (Å²) in [7, 11) is 0. The molecule has 0 bridgehead atoms. The van der Waals surface area contributed by atoms with Crippen LogP contribution in [-0.4, -0.2) is 18.7 Å². The molecule has 6 nitrogen and oxygen atoms in total. The second kappa shape index (κ2) is 7.63. The van der Waals surface area contributed by atoms with Gasteiger partial charge in [-0.15, -0.1) is 0 Å². The second-order valence-electron chi connectivity index (χ2n) is 5.67. The SMILES string of the molecule is C[C@H](NCc1ccc(OCc2ccccc2Cl)c2c1OCO2)C(N)=O. The number of nitrogens with two attached hydrogens (primary N) is 1. The Balaban J connectivity index is 1.73. The first-order valence-electron chi connectivity index (χ1n) is 7.86. The first-order valence-corrected chi connectivity index (χ1v) is 8.24. The van der Waals surface area contributed by atoms with Gasteiger partial charge in [-0.2, -0.15) is 0 Å². The molecule has 2 aromatic rings. The van der Waals surface area contributed by atoms with E-state index in [1.807, 2.05) is 36.4 Å². The van der Waals surface area contributed by atoms with Crippen molar-refractivity contribution in [3.8, 4) is 17.2 Å². The Morgan fingerprint density at radius 3 is 2.76 bits per heavy atom. The number of hydrogen-bond donors (Lipinski definition) is 2. The van der Waals surface area contributed by atoms with Gasteiger partial charge in [0.05, 0.1) is 6.04 Å². The minimum Gasteiger partial charge on any atom is -0.485 e. The number of nitrogens with one attached hydrogen (secondary N) is 1. The van der Waals surface area contributed by atoms with Crippen LogP contribution in [-0.2, 0) is 17.9 Å². The number of rotatable bonds is 7. The molecule has 0 fully saturated rings. The van der Waals surface area contributed by atoms with Crippen molar-refractivity contribution in [2.24, 2.45) is 5.73 Å². The van der Waals surface area contributed by atoms with Gasteiger partial charge in [0.1, 0.15) is 6.61 Å². The highest BCUT2D eigenvalue weighted by Gasteiger charge is 2.23. The van der Waals surface area contributed by atoms with Crippen LogP contribution >= 0.6 is 11.6 Å². The summed E-state index contributed by atoms with van der Waals surface area (Å²) in [5, 5.41) is 3.70. The van der Waals surface area contributed by atoms with Gasteiger partial charge in [-0.05, 0) is 19.1 Å². The average Bonchev–Trinajstić information content (AvgIpc) is 3.09. The molecular weight excluding hydrogens is 344 g/mol. The molecule has 0 unspecified atom stereocenters. The molecule has 1 aliphatic rings. The van der Waals surface area contributed by atoms with Crippen LogP contribution in [0.3, 0.4) is 0 Å². The molecule has 0 radical (unpaired) electrons. The number of halogens is 1. The van der Waals surface area contributed by atoms with E-state index in [4.69, 9.17) is 31.5 Å². The molecule has 25 heavy (non-hydrogen) atoms. The van der Waals surface area contributed by atoms with E-state index in [0.29, 0.717) is 35.4 Å². The smallest absolute Gasteiger partial charge is 0.234 e. The van der Waals surface area contributed by atoms with Gasteiger partial charge in [0.25, 0.3) is 0 Å². The van der Waals surface area contributed by atoms with Crippen molar-refractivity contribution in [1.82, 2.24) is 5.32 Å². The summed E-state index contributed by atoms with van der Waals surface area (Å²) in [5.74, 6) is 1.34. The van der Waals surface area contributed by atoms with Crippen molar-refractivity contribution in [3.05, 3.63) is 52.5 Å². The summed E-state index contributed by atoms with van der Waals surface area (Å²) in [4.78, 5) is 11.1. The molecule has 3 N–H and O–H groups in total. The topological polar surface area (TPSA) is 82.8 Å². The standard InChI is InChI=1S/C18H19ClN2O4/c1-11(18(20)22)21-8-12-6-7-15(17-16(12)24-10-25-17)23-9-13-4-2-3-5-14(13)19/h2-7,11,21H,8-10H2,1H3,(H2,20,22)/t11-/m0/s1. The Hall–Kier alpha value is -2.44. The van der Waals surface area contributed by atoms with Crippen LogP contribution in [0.2, 0.25) is 5.02 Å². The first kappa shape index (κ1) is 17.4. The highest BCUT2D eigenvalue weighted by molar-refractivity contribution is 6.31. The van der Waals surface area contributed by atoms with Crippen LogP contribution in [0.4, 0.5) is 0 Å². The van der Waals surface area contributed by atoms with E-state index in [-0.39, 0.29) is 6.79 Å². The maximum absolute atomic E-state index is 11.1. The predicted octanol–water partition coefficient (Wildman–Crippen LogP) is 2.61. The molecule has 0 saturated carbocycles. The highest BCUT2D eigenvalue weighted by Crippen LogP contribution is 2.43. The molecule has 7 heteroatoms. The molecular formula is C18H19ClN2O4. The summed E-state index contributed by atoms with van der Waals surface area (Å²) < 4.78 is 16.9. The zero-order valence-electron chi connectivity index (χ0n) is 13.8. The van der Waals surface area contributed by atoms with Crippen molar-refractivity contribution in [1.29, 1.82) is 0 Å². The van der Waals surface area contributed by atoms with Crippen LogP contribution in [0.5, 0.6) is 17.2 Å². The van der Waals surface area contributed by atoms with Crippen molar-refractivity contribution in [3.63, 3.8) is 0 Å². The number of amides is 1. The number of hydrogen-bond acceptors (Lipinski definition) is 5. The van der Waals surface area contributed by atoms with Gasteiger partial charge >= 0.3 is 0 Å². The lowest BCUT2D eigenvalue weighted by molar-refractivity contribution is -0.119. The fourth-order valence-corrected chi connectivity index (χ4v) is 2.61. The Labute approximate surface area is 150 Å². The van der Waals surface area contributed by atoms with Crippen LogP contribution in [0.1, 0.15) is 18.1 Å². The molecule has 0 aromatic heterocycles. The van der Waals surface area contributed by atoms with Crippen molar-refractivity contribution in [2.45, 2.75) is 26.1 Å². The molecule has 3 rings (SSSR count). The van der Waals surface area contributed by atoms with Gasteiger partial charge < -0.3 is 25.3 Å². The van der Waals surface area contributed by atoms with Crippen LogP contribution in [0.25, 0.3) is 0 Å². The number of ether oxygens (including phenoxy) is 3. The first-order chi connectivity index (χ1) is 12.1. The van der Waals surface area contributed by atoms with E-state index in [2.05, 4.69) is 5.32 Å². The van der Waals surface area contributed by atoms with Crippen molar-refractivity contribution in [2.75, 3.05) is 6.79 Å². The number of carbonyl (C=O) groups excluding carboxylic acids is 1. The third kappa shape index (κ3) is 3.97. The van der Waals surface area contributed by atoms with Gasteiger partial charge in [-0.3, -0.25) is 4.79 Å². The third-order valence-corrected chi connectivity index (χ3v) is 4.30. The van der Waals surface area contributed by atoms with E-state index >= 15 is 0 Å². The summed E-state index contributed by atoms with van der Waals surface area (Å²) in [6.07, 6.45) is 0. The number of primary amides is 1. The minimum absolute atomic E-state index is 0.125. The molecule has 1 amide bonds. The molecule has 0 spiro atoms. The number of fused-ring (bicyclic) bond motifs is 1.